The summed E-state index contributed by atoms with van der Waals surface area (Å²) in [5, 5.41) is 11.5. The number of benzene rings is 1. The van der Waals surface area contributed by atoms with Gasteiger partial charge in [0.15, 0.2) is 5.69 Å². The van der Waals surface area contributed by atoms with E-state index < -0.39 is 29.4 Å². The molecular weight excluding hydrogens is 337 g/mol. The Hall–Kier alpha value is -2.39. The molecule has 1 heterocycles. The average molecular weight is 347 g/mol. The minimum absolute atomic E-state index is 0.215. The van der Waals surface area contributed by atoms with Crippen molar-refractivity contribution < 1.29 is 23.1 Å². The van der Waals surface area contributed by atoms with Gasteiger partial charge in [0.25, 0.3) is 0 Å². The number of nitrogens with one attached hydrogen (secondary N) is 1. The van der Waals surface area contributed by atoms with Crippen molar-refractivity contribution in [3.05, 3.63) is 46.2 Å². The van der Waals surface area contributed by atoms with E-state index in [4.69, 9.17) is 22.4 Å². The van der Waals surface area contributed by atoms with Gasteiger partial charge in [-0.15, -0.1) is 0 Å². The number of carboxylic acids is 1. The molecule has 2 rings (SSSR count). The number of aromatic nitrogens is 2. The SMILES string of the molecule is NCc1ccc(Nc2ncc(C(=O)O)c(C(F)(F)F)n2)c(Cl)c1. The molecule has 122 valence electrons. The summed E-state index contributed by atoms with van der Waals surface area (Å²) in [6.07, 6.45) is -4.34. The molecule has 0 saturated heterocycles. The van der Waals surface area contributed by atoms with Crippen LogP contribution in [0.2, 0.25) is 5.02 Å². The van der Waals surface area contributed by atoms with Crippen molar-refractivity contribution in [1.82, 2.24) is 9.97 Å². The summed E-state index contributed by atoms with van der Waals surface area (Å²) in [6, 6.07) is 4.68. The second-order valence-electron chi connectivity index (χ2n) is 4.40. The Morgan fingerprint density at radius 3 is 2.61 bits per heavy atom. The van der Waals surface area contributed by atoms with Crippen LogP contribution in [0, 0.1) is 0 Å². The van der Waals surface area contributed by atoms with Gasteiger partial charge in [-0.3, -0.25) is 0 Å². The summed E-state index contributed by atoms with van der Waals surface area (Å²) < 4.78 is 38.7. The first kappa shape index (κ1) is 17.0. The molecule has 0 aliphatic rings. The number of hydrogen-bond donors (Lipinski definition) is 3. The molecule has 0 aliphatic carbocycles. The number of rotatable bonds is 4. The first-order chi connectivity index (χ1) is 10.7. The van der Waals surface area contributed by atoms with Crippen LogP contribution in [0.3, 0.4) is 0 Å². The molecule has 0 radical (unpaired) electrons. The highest BCUT2D eigenvalue weighted by molar-refractivity contribution is 6.33. The minimum Gasteiger partial charge on any atom is -0.478 e. The molecule has 6 nitrogen and oxygen atoms in total. The lowest BCUT2D eigenvalue weighted by Crippen LogP contribution is -2.17. The number of nitrogens with zero attached hydrogens (tertiary/aromatic N) is 2. The summed E-state index contributed by atoms with van der Waals surface area (Å²) >= 11 is 5.98. The number of hydrogen-bond acceptors (Lipinski definition) is 5. The maximum atomic E-state index is 12.9. The maximum absolute atomic E-state index is 12.9. The second-order valence-corrected chi connectivity index (χ2v) is 4.81. The van der Waals surface area contributed by atoms with Crippen molar-refractivity contribution >= 4 is 29.2 Å². The number of aromatic carboxylic acids is 1. The minimum atomic E-state index is -4.93. The van der Waals surface area contributed by atoms with E-state index in [2.05, 4.69) is 15.3 Å². The summed E-state index contributed by atoms with van der Waals surface area (Å²) in [5.74, 6) is -2.20. The van der Waals surface area contributed by atoms with Crippen LogP contribution < -0.4 is 11.1 Å². The number of alkyl halides is 3. The lowest BCUT2D eigenvalue weighted by Gasteiger charge is -2.12. The molecule has 10 heteroatoms. The van der Waals surface area contributed by atoms with Crippen LogP contribution in [0.5, 0.6) is 0 Å². The van der Waals surface area contributed by atoms with Crippen LogP contribution >= 0.6 is 11.6 Å². The van der Waals surface area contributed by atoms with Gasteiger partial charge in [-0.1, -0.05) is 17.7 Å². The third-order valence-electron chi connectivity index (χ3n) is 2.80. The normalized spacial score (nSPS) is 11.3. The molecule has 2 aromatic rings. The summed E-state index contributed by atoms with van der Waals surface area (Å²) in [6.45, 7) is 0.252. The molecule has 23 heavy (non-hydrogen) atoms. The van der Waals surface area contributed by atoms with Crippen LogP contribution in [0.1, 0.15) is 21.6 Å². The number of anilines is 2. The van der Waals surface area contributed by atoms with Crippen LogP contribution in [-0.2, 0) is 12.7 Å². The molecule has 1 aromatic heterocycles. The molecule has 0 fully saturated rings. The van der Waals surface area contributed by atoms with Gasteiger partial charge in [0, 0.05) is 12.7 Å². The van der Waals surface area contributed by atoms with Crippen molar-refractivity contribution in [3.63, 3.8) is 0 Å². The van der Waals surface area contributed by atoms with Crippen molar-refractivity contribution in [1.29, 1.82) is 0 Å². The standard InChI is InChI=1S/C13H10ClF3N4O2/c14-8-3-6(4-18)1-2-9(8)20-12-19-5-7(11(22)23)10(21-12)13(15,16)17/h1-3,5H,4,18H2,(H,22,23)(H,19,20,21). The fraction of sp³-hybridized carbons (Fsp3) is 0.154. The van der Waals surface area contributed by atoms with Crippen LogP contribution in [0.25, 0.3) is 0 Å². The molecule has 0 spiro atoms. The summed E-state index contributed by atoms with van der Waals surface area (Å²) in [4.78, 5) is 17.6. The number of nitrogens with two attached hydrogens (primary N) is 1. The van der Waals surface area contributed by atoms with Gasteiger partial charge >= 0.3 is 12.1 Å². The Morgan fingerprint density at radius 1 is 1.39 bits per heavy atom. The zero-order chi connectivity index (χ0) is 17.2. The highest BCUT2D eigenvalue weighted by Gasteiger charge is 2.38. The monoisotopic (exact) mass is 346 g/mol. The molecule has 1 aromatic carbocycles. The lowest BCUT2D eigenvalue weighted by atomic mass is 10.2. The highest BCUT2D eigenvalue weighted by atomic mass is 35.5. The predicted molar refractivity (Wildman–Crippen MR) is 76.6 cm³/mol. The lowest BCUT2D eigenvalue weighted by molar-refractivity contribution is -0.141. The fourth-order valence-electron chi connectivity index (χ4n) is 1.72. The van der Waals surface area contributed by atoms with Gasteiger partial charge in [-0.2, -0.15) is 13.2 Å². The van der Waals surface area contributed by atoms with Crippen molar-refractivity contribution in [2.24, 2.45) is 5.73 Å². The zero-order valence-electron chi connectivity index (χ0n) is 11.4. The Morgan fingerprint density at radius 2 is 2.09 bits per heavy atom. The number of halogens is 4. The predicted octanol–water partition coefficient (Wildman–Crippen LogP) is 3.05. The number of carboxylic acid groups (broad SMARTS) is 1. The maximum Gasteiger partial charge on any atom is 0.434 e. The van der Waals surface area contributed by atoms with Gasteiger partial charge in [0.1, 0.15) is 5.56 Å². The first-order valence-electron chi connectivity index (χ1n) is 6.15. The molecule has 0 unspecified atom stereocenters. The largest absolute Gasteiger partial charge is 0.478 e. The number of carbonyl (C=O) groups is 1. The molecule has 0 amide bonds. The molecule has 0 atom stereocenters. The van der Waals surface area contributed by atoms with E-state index in [9.17, 15) is 18.0 Å². The van der Waals surface area contributed by atoms with Crippen molar-refractivity contribution in [2.75, 3.05) is 5.32 Å². The van der Waals surface area contributed by atoms with E-state index >= 15 is 0 Å². The second kappa shape index (κ2) is 6.39. The summed E-state index contributed by atoms with van der Waals surface area (Å²) in [5.41, 5.74) is 3.87. The summed E-state index contributed by atoms with van der Waals surface area (Å²) in [7, 11) is 0. The van der Waals surface area contributed by atoms with Gasteiger partial charge in [-0.25, -0.2) is 14.8 Å². The Labute approximate surface area is 133 Å². The fourth-order valence-corrected chi connectivity index (χ4v) is 1.97. The third kappa shape index (κ3) is 3.88. The van der Waals surface area contributed by atoms with Crippen LogP contribution in [0.4, 0.5) is 24.8 Å². The van der Waals surface area contributed by atoms with Gasteiger partial charge < -0.3 is 16.2 Å². The van der Waals surface area contributed by atoms with E-state index in [-0.39, 0.29) is 17.3 Å². The average Bonchev–Trinajstić information content (AvgIpc) is 2.48. The Balaban J connectivity index is 2.40. The van der Waals surface area contributed by atoms with E-state index in [1.807, 2.05) is 0 Å². The Kier molecular flexibility index (Phi) is 4.71. The van der Waals surface area contributed by atoms with E-state index in [1.54, 1.807) is 12.1 Å². The van der Waals surface area contributed by atoms with Crippen molar-refractivity contribution in [2.45, 2.75) is 12.7 Å². The van der Waals surface area contributed by atoms with E-state index in [0.29, 0.717) is 6.20 Å². The Bertz CT molecular complexity index is 752. The van der Waals surface area contributed by atoms with E-state index in [0.717, 1.165) is 5.56 Å². The van der Waals surface area contributed by atoms with Crippen molar-refractivity contribution in [3.8, 4) is 0 Å². The molecule has 0 saturated carbocycles. The zero-order valence-corrected chi connectivity index (χ0v) is 12.1. The molecule has 0 aliphatic heterocycles. The van der Waals surface area contributed by atoms with Gasteiger partial charge in [-0.05, 0) is 17.7 Å². The molecule has 0 bridgehead atoms. The smallest absolute Gasteiger partial charge is 0.434 e. The van der Waals surface area contributed by atoms with Gasteiger partial charge in [0.05, 0.1) is 10.7 Å². The quantitative estimate of drug-likeness (QED) is 0.786. The van der Waals surface area contributed by atoms with E-state index in [1.165, 1.54) is 6.07 Å². The highest BCUT2D eigenvalue weighted by Crippen LogP contribution is 2.32. The van der Waals surface area contributed by atoms with Crippen LogP contribution in [0.15, 0.2) is 24.4 Å². The molecular formula is C13H10ClF3N4O2. The first-order valence-corrected chi connectivity index (χ1v) is 6.53. The van der Waals surface area contributed by atoms with Gasteiger partial charge in [0.2, 0.25) is 5.95 Å². The molecule has 4 N–H and O–H groups in total. The third-order valence-corrected chi connectivity index (χ3v) is 3.12. The topological polar surface area (TPSA) is 101 Å². The van der Waals surface area contributed by atoms with Crippen LogP contribution in [-0.4, -0.2) is 21.0 Å².